The molecule has 29 heavy (non-hydrogen) atoms. The van der Waals surface area contributed by atoms with E-state index in [2.05, 4.69) is 15.9 Å². The van der Waals surface area contributed by atoms with Gasteiger partial charge in [0, 0.05) is 22.1 Å². The fraction of sp³-hybridized carbons (Fsp3) is 0.522. The molecule has 0 bridgehead atoms. The maximum Gasteiger partial charge on any atom is 0.235 e. The van der Waals surface area contributed by atoms with E-state index in [1.165, 1.54) is 4.90 Å². The molecule has 4 atom stereocenters. The van der Waals surface area contributed by atoms with Gasteiger partial charge in [-0.05, 0) is 30.2 Å². The van der Waals surface area contributed by atoms with Gasteiger partial charge in [0.05, 0.1) is 17.9 Å². The Morgan fingerprint density at radius 1 is 1.14 bits per heavy atom. The van der Waals surface area contributed by atoms with E-state index >= 15 is 0 Å². The summed E-state index contributed by atoms with van der Waals surface area (Å²) in [5, 5.41) is 0. The second-order valence-electron chi connectivity index (χ2n) is 9.25. The normalized spacial score (nSPS) is 27.9. The highest BCUT2D eigenvalue weighted by molar-refractivity contribution is 9.10. The lowest BCUT2D eigenvalue weighted by molar-refractivity contribution is -0.142. The van der Waals surface area contributed by atoms with Crippen molar-refractivity contribution >= 4 is 45.3 Å². The average Bonchev–Trinajstić information content (AvgIpc) is 3.12. The third-order valence-electron chi connectivity index (χ3n) is 6.30. The zero-order valence-electron chi connectivity index (χ0n) is 17.3. The van der Waals surface area contributed by atoms with Crippen molar-refractivity contribution in [3.05, 3.63) is 34.3 Å². The number of Topliss-reactive ketones (excluding diaryl/α,β-unsaturated/α-hetero) is 1. The Bertz CT molecular complexity index is 917. The molecule has 6 heteroatoms. The molecule has 3 heterocycles. The third-order valence-corrected chi connectivity index (χ3v) is 6.80. The highest BCUT2D eigenvalue weighted by Gasteiger charge is 2.64. The van der Waals surface area contributed by atoms with Gasteiger partial charge in [0.1, 0.15) is 6.04 Å². The van der Waals surface area contributed by atoms with Crippen molar-refractivity contribution in [3.8, 4) is 0 Å². The lowest BCUT2D eigenvalue weighted by Crippen LogP contribution is -2.51. The molecule has 2 fully saturated rings. The van der Waals surface area contributed by atoms with Crippen LogP contribution in [0.2, 0.25) is 0 Å². The number of nitrogens with zero attached hydrogens (tertiary/aromatic N) is 2. The van der Waals surface area contributed by atoms with E-state index in [0.29, 0.717) is 6.54 Å². The minimum Gasteiger partial charge on any atom is -0.353 e. The van der Waals surface area contributed by atoms with Crippen molar-refractivity contribution in [1.82, 2.24) is 4.90 Å². The Kier molecular flexibility index (Phi) is 4.96. The molecule has 0 radical (unpaired) electrons. The summed E-state index contributed by atoms with van der Waals surface area (Å²) in [5.74, 6) is -1.41. The average molecular weight is 459 g/mol. The number of halogens is 1. The summed E-state index contributed by atoms with van der Waals surface area (Å²) in [6, 6.07) is 5.03. The second kappa shape index (κ2) is 7.08. The molecule has 0 saturated carbocycles. The fourth-order valence-electron chi connectivity index (χ4n) is 4.89. The van der Waals surface area contributed by atoms with E-state index < -0.39 is 23.3 Å². The first kappa shape index (κ1) is 20.3. The number of anilines is 1. The smallest absolute Gasteiger partial charge is 0.235 e. The molecule has 0 aliphatic carbocycles. The number of imide groups is 1. The highest BCUT2D eigenvalue weighted by atomic mass is 79.9. The number of amides is 2. The summed E-state index contributed by atoms with van der Waals surface area (Å²) in [6.07, 6.45) is 5.70. The number of hydrogen-bond donors (Lipinski definition) is 0. The first-order chi connectivity index (χ1) is 13.7. The van der Waals surface area contributed by atoms with E-state index in [0.717, 1.165) is 28.6 Å². The van der Waals surface area contributed by atoms with Crippen molar-refractivity contribution in [2.75, 3.05) is 11.4 Å². The summed E-state index contributed by atoms with van der Waals surface area (Å²) in [5.41, 5.74) is 1.30. The molecule has 2 saturated heterocycles. The molecule has 154 valence electrons. The van der Waals surface area contributed by atoms with Crippen LogP contribution >= 0.6 is 15.9 Å². The summed E-state index contributed by atoms with van der Waals surface area (Å²) >= 11 is 3.50. The van der Waals surface area contributed by atoms with E-state index in [4.69, 9.17) is 0 Å². The minimum absolute atomic E-state index is 0.0117. The molecule has 3 aliphatic heterocycles. The van der Waals surface area contributed by atoms with E-state index in [1.807, 2.05) is 62.9 Å². The zero-order valence-corrected chi connectivity index (χ0v) is 18.9. The molecule has 1 aromatic carbocycles. The Morgan fingerprint density at radius 2 is 1.83 bits per heavy atom. The van der Waals surface area contributed by atoms with Gasteiger partial charge in [-0.15, -0.1) is 0 Å². The molecule has 0 spiro atoms. The predicted molar refractivity (Wildman–Crippen MR) is 116 cm³/mol. The number of carbonyl (C=O) groups is 3. The van der Waals surface area contributed by atoms with Crippen molar-refractivity contribution < 1.29 is 14.4 Å². The van der Waals surface area contributed by atoms with E-state index in [1.54, 1.807) is 0 Å². The lowest BCUT2D eigenvalue weighted by atomic mass is 9.79. The molecule has 0 unspecified atom stereocenters. The van der Waals surface area contributed by atoms with Crippen LogP contribution in [0, 0.1) is 17.3 Å². The Labute approximate surface area is 180 Å². The SMILES string of the molecule is CCCCN1C(=O)[C@@H]2[C@H](C1=O)[C@@H]1C=Cc3cc(Br)ccc3N1[C@@H]2C(=O)C(C)(C)C. The molecular weight excluding hydrogens is 432 g/mol. The summed E-state index contributed by atoms with van der Waals surface area (Å²) in [6.45, 7) is 8.14. The summed E-state index contributed by atoms with van der Waals surface area (Å²) in [7, 11) is 0. The molecule has 0 N–H and O–H groups in total. The molecule has 0 aromatic heterocycles. The van der Waals surface area contributed by atoms with Gasteiger partial charge in [0.2, 0.25) is 11.8 Å². The standard InChI is InChI=1S/C23H27BrN2O3/c1-5-6-11-25-21(28)17-16-9-7-13-12-14(24)8-10-15(13)26(16)19(18(17)22(25)29)20(27)23(2,3)4/h7-10,12,16-19H,5-6,11H2,1-4H3/t16-,17+,18+,19-/m0/s1. The Hall–Kier alpha value is -1.95. The number of benzene rings is 1. The van der Waals surface area contributed by atoms with Gasteiger partial charge in [-0.1, -0.05) is 62.2 Å². The Balaban J connectivity index is 1.83. The number of rotatable bonds is 4. The van der Waals surface area contributed by atoms with Gasteiger partial charge < -0.3 is 4.90 Å². The number of hydrogen-bond acceptors (Lipinski definition) is 4. The van der Waals surface area contributed by atoms with Crippen LogP contribution in [0.3, 0.4) is 0 Å². The van der Waals surface area contributed by atoms with Gasteiger partial charge >= 0.3 is 0 Å². The van der Waals surface area contributed by atoms with E-state index in [9.17, 15) is 14.4 Å². The zero-order chi connectivity index (χ0) is 21.1. The van der Waals surface area contributed by atoms with Crippen LogP contribution in [0.1, 0.15) is 46.1 Å². The highest BCUT2D eigenvalue weighted by Crippen LogP contribution is 2.50. The van der Waals surface area contributed by atoms with Gasteiger partial charge in [0.25, 0.3) is 0 Å². The maximum atomic E-state index is 13.6. The monoisotopic (exact) mass is 458 g/mol. The summed E-state index contributed by atoms with van der Waals surface area (Å²) < 4.78 is 0.954. The van der Waals surface area contributed by atoms with Gasteiger partial charge in [-0.3, -0.25) is 19.3 Å². The van der Waals surface area contributed by atoms with Crippen LogP contribution in [0.5, 0.6) is 0 Å². The number of carbonyl (C=O) groups excluding carboxylic acids is 3. The largest absolute Gasteiger partial charge is 0.353 e. The summed E-state index contributed by atoms with van der Waals surface area (Å²) in [4.78, 5) is 43.6. The van der Waals surface area contributed by atoms with Gasteiger partial charge in [-0.2, -0.15) is 0 Å². The van der Waals surface area contributed by atoms with Crippen LogP contribution < -0.4 is 4.90 Å². The third kappa shape index (κ3) is 3.07. The molecule has 3 aliphatic rings. The Morgan fingerprint density at radius 3 is 2.48 bits per heavy atom. The van der Waals surface area contributed by atoms with Crippen molar-refractivity contribution in [2.24, 2.45) is 17.3 Å². The molecule has 4 rings (SSSR count). The second-order valence-corrected chi connectivity index (χ2v) is 10.2. The molecule has 5 nitrogen and oxygen atoms in total. The van der Waals surface area contributed by atoms with Crippen LogP contribution in [-0.2, 0) is 14.4 Å². The lowest BCUT2D eigenvalue weighted by Gasteiger charge is -2.38. The molecule has 2 amide bonds. The van der Waals surface area contributed by atoms with Crippen LogP contribution in [0.15, 0.2) is 28.7 Å². The minimum atomic E-state index is -0.627. The topological polar surface area (TPSA) is 57.7 Å². The fourth-order valence-corrected chi connectivity index (χ4v) is 5.26. The number of unbranched alkanes of at least 4 members (excludes halogenated alkanes) is 1. The predicted octanol–water partition coefficient (Wildman–Crippen LogP) is 4.05. The number of fused-ring (bicyclic) bond motifs is 5. The van der Waals surface area contributed by atoms with Crippen molar-refractivity contribution in [3.63, 3.8) is 0 Å². The number of likely N-dealkylation sites (tertiary alicyclic amines) is 1. The first-order valence-corrected chi connectivity index (χ1v) is 11.1. The quantitative estimate of drug-likeness (QED) is 0.638. The van der Waals surface area contributed by atoms with Crippen molar-refractivity contribution in [2.45, 2.75) is 52.6 Å². The molecule has 1 aromatic rings. The van der Waals surface area contributed by atoms with Crippen LogP contribution in [-0.4, -0.2) is 41.1 Å². The van der Waals surface area contributed by atoms with E-state index in [-0.39, 0.29) is 23.6 Å². The maximum absolute atomic E-state index is 13.6. The van der Waals surface area contributed by atoms with Crippen LogP contribution in [0.4, 0.5) is 5.69 Å². The van der Waals surface area contributed by atoms with Gasteiger partial charge in [0.15, 0.2) is 5.78 Å². The van der Waals surface area contributed by atoms with Crippen molar-refractivity contribution in [1.29, 1.82) is 0 Å². The molecular formula is C23H27BrN2O3. The first-order valence-electron chi connectivity index (χ1n) is 10.3. The van der Waals surface area contributed by atoms with Crippen LogP contribution in [0.25, 0.3) is 6.08 Å². The number of ketones is 1. The van der Waals surface area contributed by atoms with Gasteiger partial charge in [-0.25, -0.2) is 0 Å².